The van der Waals surface area contributed by atoms with Crippen LogP contribution < -0.4 is 16.6 Å². The quantitative estimate of drug-likeness (QED) is 0.819. The number of primary amides is 1. The third-order valence-electron chi connectivity index (χ3n) is 6.05. The van der Waals surface area contributed by atoms with Crippen LogP contribution in [0.15, 0.2) is 17.1 Å². The summed E-state index contributed by atoms with van der Waals surface area (Å²) in [5.41, 5.74) is 1.81. The molecule has 5 rings (SSSR count). The van der Waals surface area contributed by atoms with Gasteiger partial charge in [0.25, 0.3) is 17.9 Å². The van der Waals surface area contributed by atoms with Gasteiger partial charge in [-0.3, -0.25) is 9.59 Å². The molecule has 3 saturated heterocycles. The molecular formula is C17H21F3N4O2. The van der Waals surface area contributed by atoms with Crippen LogP contribution in [0.2, 0.25) is 0 Å². The number of fused-ring (bicyclic) bond motifs is 3. The maximum Gasteiger partial charge on any atom is 0.261 e. The van der Waals surface area contributed by atoms with E-state index < -0.39 is 35.1 Å². The summed E-state index contributed by atoms with van der Waals surface area (Å²) in [6.45, 7) is 1.81. The lowest BCUT2D eigenvalue weighted by Crippen LogP contribution is -2.62. The van der Waals surface area contributed by atoms with Crippen LogP contribution >= 0.6 is 0 Å². The third kappa shape index (κ3) is 2.60. The number of amides is 1. The van der Waals surface area contributed by atoms with Gasteiger partial charge >= 0.3 is 0 Å². The van der Waals surface area contributed by atoms with Gasteiger partial charge < -0.3 is 20.5 Å². The van der Waals surface area contributed by atoms with Crippen molar-refractivity contribution in [3.05, 3.63) is 28.2 Å². The molecule has 1 aromatic heterocycles. The van der Waals surface area contributed by atoms with Crippen LogP contribution in [0.4, 0.5) is 18.9 Å². The van der Waals surface area contributed by atoms with Gasteiger partial charge in [0.2, 0.25) is 0 Å². The monoisotopic (exact) mass is 370 g/mol. The number of nitrogens with one attached hydrogen (secondary N) is 1. The molecule has 2 bridgehead atoms. The molecule has 1 aromatic rings. The number of aromatic nitrogens is 1. The Morgan fingerprint density at radius 3 is 2.42 bits per heavy atom. The number of nitrogens with zero attached hydrogens (tertiary/aromatic N) is 2. The molecule has 142 valence electrons. The fraction of sp³-hybridized carbons (Fsp3) is 0.647. The molecule has 0 unspecified atom stereocenters. The number of alkyl halides is 3. The minimum atomic E-state index is -2.71. The van der Waals surface area contributed by atoms with E-state index in [-0.39, 0.29) is 24.1 Å². The van der Waals surface area contributed by atoms with Crippen LogP contribution in [0.25, 0.3) is 0 Å². The lowest BCUT2D eigenvalue weighted by Gasteiger charge is -2.49. The van der Waals surface area contributed by atoms with E-state index in [4.69, 9.17) is 5.73 Å². The maximum atomic E-state index is 15.1. The van der Waals surface area contributed by atoms with Crippen LogP contribution in [0.1, 0.15) is 36.0 Å². The van der Waals surface area contributed by atoms with Crippen molar-refractivity contribution in [1.29, 1.82) is 0 Å². The van der Waals surface area contributed by atoms with Crippen LogP contribution in [-0.2, 0) is 5.54 Å². The van der Waals surface area contributed by atoms with E-state index >= 15 is 4.39 Å². The summed E-state index contributed by atoms with van der Waals surface area (Å²) < 4.78 is 42.7. The van der Waals surface area contributed by atoms with E-state index in [1.165, 1.54) is 0 Å². The number of carbonyl (C=O) groups excluding carboxylic acids is 1. The van der Waals surface area contributed by atoms with Crippen molar-refractivity contribution in [1.82, 2.24) is 9.47 Å². The lowest BCUT2D eigenvalue weighted by atomic mass is 9.80. The van der Waals surface area contributed by atoms with Gasteiger partial charge in [0.1, 0.15) is 11.2 Å². The van der Waals surface area contributed by atoms with Crippen molar-refractivity contribution in [3.63, 3.8) is 0 Å². The fourth-order valence-electron chi connectivity index (χ4n) is 4.13. The molecule has 3 N–H and O–H groups in total. The van der Waals surface area contributed by atoms with Crippen molar-refractivity contribution < 1.29 is 18.0 Å². The molecule has 1 amide bonds. The zero-order chi connectivity index (χ0) is 18.7. The third-order valence-corrected chi connectivity index (χ3v) is 6.05. The number of carbonyl (C=O) groups is 1. The second-order valence-electron chi connectivity index (χ2n) is 7.61. The minimum Gasteiger partial charge on any atom is -0.377 e. The molecule has 3 aliphatic heterocycles. The van der Waals surface area contributed by atoms with E-state index in [1.807, 2.05) is 0 Å². The Morgan fingerprint density at radius 1 is 1.27 bits per heavy atom. The summed E-state index contributed by atoms with van der Waals surface area (Å²) in [6, 6.07) is 0.507. The largest absolute Gasteiger partial charge is 0.377 e. The first-order valence-electron chi connectivity index (χ1n) is 8.78. The van der Waals surface area contributed by atoms with Crippen molar-refractivity contribution in [2.45, 2.75) is 49.4 Å². The molecule has 0 radical (unpaired) electrons. The molecule has 0 aromatic carbocycles. The predicted octanol–water partition coefficient (Wildman–Crippen LogP) is 1.30. The van der Waals surface area contributed by atoms with Gasteiger partial charge in [0, 0.05) is 31.9 Å². The SMILES string of the molecule is NC(=O)c1cn(C2(C(F)F)CC2)c(=O)cc1N[C@@H]1CN2CCC1(F)CC2. The Morgan fingerprint density at radius 2 is 1.92 bits per heavy atom. The van der Waals surface area contributed by atoms with Gasteiger partial charge in [0.05, 0.1) is 17.3 Å². The van der Waals surface area contributed by atoms with Gasteiger partial charge in [-0.2, -0.15) is 0 Å². The van der Waals surface area contributed by atoms with Crippen molar-refractivity contribution in [2.75, 3.05) is 25.0 Å². The van der Waals surface area contributed by atoms with E-state index in [9.17, 15) is 18.4 Å². The maximum absolute atomic E-state index is 15.1. The van der Waals surface area contributed by atoms with Gasteiger partial charge in [-0.25, -0.2) is 13.2 Å². The number of halogens is 3. The van der Waals surface area contributed by atoms with Crippen LogP contribution in [0, 0.1) is 0 Å². The van der Waals surface area contributed by atoms with Crippen molar-refractivity contribution >= 4 is 11.6 Å². The first-order chi connectivity index (χ1) is 12.2. The van der Waals surface area contributed by atoms with Crippen LogP contribution in [0.3, 0.4) is 0 Å². The second-order valence-corrected chi connectivity index (χ2v) is 7.61. The standard InChI is InChI=1S/C17H21F3N4O2/c18-15(19)17(1-2-17)24-8-10(14(21)26)11(7-13(24)25)22-12-9-23-5-3-16(12,20)4-6-23/h7-8,12,15,22H,1-6,9H2,(H2,21,26)/t12-/m1/s1. The highest BCUT2D eigenvalue weighted by molar-refractivity contribution is 5.98. The van der Waals surface area contributed by atoms with Crippen LogP contribution in [-0.4, -0.2) is 53.1 Å². The molecule has 26 heavy (non-hydrogen) atoms. The summed E-state index contributed by atoms with van der Waals surface area (Å²) in [5.74, 6) is -0.847. The number of hydrogen-bond acceptors (Lipinski definition) is 4. The van der Waals surface area contributed by atoms with Gasteiger partial charge in [-0.15, -0.1) is 0 Å². The molecule has 4 aliphatic rings. The predicted molar refractivity (Wildman–Crippen MR) is 89.4 cm³/mol. The molecule has 4 heterocycles. The zero-order valence-electron chi connectivity index (χ0n) is 14.2. The highest BCUT2D eigenvalue weighted by Gasteiger charge is 2.54. The highest BCUT2D eigenvalue weighted by atomic mass is 19.3. The Kier molecular flexibility index (Phi) is 3.83. The van der Waals surface area contributed by atoms with Gasteiger partial charge in [-0.1, -0.05) is 0 Å². The molecule has 1 saturated carbocycles. The second kappa shape index (κ2) is 5.73. The molecule has 1 aliphatic carbocycles. The fourth-order valence-corrected chi connectivity index (χ4v) is 4.13. The van der Waals surface area contributed by atoms with E-state index in [1.54, 1.807) is 0 Å². The van der Waals surface area contributed by atoms with Gasteiger partial charge in [0.15, 0.2) is 0 Å². The van der Waals surface area contributed by atoms with E-state index in [2.05, 4.69) is 10.2 Å². The summed E-state index contributed by atoms with van der Waals surface area (Å²) in [4.78, 5) is 26.4. The topological polar surface area (TPSA) is 80.4 Å². The molecule has 9 heteroatoms. The Hall–Kier alpha value is -2.03. The first kappa shape index (κ1) is 17.4. The number of nitrogens with two attached hydrogens (primary N) is 1. The Bertz CT molecular complexity index is 798. The number of anilines is 1. The molecule has 0 spiro atoms. The van der Waals surface area contributed by atoms with E-state index in [0.29, 0.717) is 32.5 Å². The Labute approximate surface area is 148 Å². The number of hydrogen-bond donors (Lipinski definition) is 2. The summed E-state index contributed by atoms with van der Waals surface area (Å²) in [6.07, 6.45) is -0.528. The normalized spacial score (nSPS) is 31.8. The Balaban J connectivity index is 1.70. The van der Waals surface area contributed by atoms with Crippen molar-refractivity contribution in [3.8, 4) is 0 Å². The summed E-state index contributed by atoms with van der Waals surface area (Å²) in [7, 11) is 0. The average Bonchev–Trinajstić information content (AvgIpc) is 3.37. The lowest BCUT2D eigenvalue weighted by molar-refractivity contribution is -0.0176. The summed E-state index contributed by atoms with van der Waals surface area (Å²) >= 11 is 0. The molecule has 1 atom stereocenters. The minimum absolute atomic E-state index is 0.0726. The van der Waals surface area contributed by atoms with E-state index in [0.717, 1.165) is 16.8 Å². The average molecular weight is 370 g/mol. The molecule has 6 nitrogen and oxygen atoms in total. The number of rotatable bonds is 5. The number of piperidine rings is 3. The van der Waals surface area contributed by atoms with Crippen LogP contribution in [0.5, 0.6) is 0 Å². The molecule has 4 fully saturated rings. The zero-order valence-corrected chi connectivity index (χ0v) is 14.2. The van der Waals surface area contributed by atoms with Crippen molar-refractivity contribution in [2.24, 2.45) is 5.73 Å². The van der Waals surface area contributed by atoms with Gasteiger partial charge in [-0.05, 0) is 25.7 Å². The number of pyridine rings is 1. The smallest absolute Gasteiger partial charge is 0.261 e. The highest BCUT2D eigenvalue weighted by Crippen LogP contribution is 2.48. The first-order valence-corrected chi connectivity index (χ1v) is 8.78. The summed E-state index contributed by atoms with van der Waals surface area (Å²) in [5, 5.41) is 2.95. The molecular weight excluding hydrogens is 349 g/mol.